The standard InChI is InChI=1S/C19H24FN3O/c1-15-8-10-17(11-9-15)21-19(24)23(13-12-22(2)3)14-16-6-4-5-7-18(16)20/h4-11H,12-14H2,1-3H3,(H,21,24). The van der Waals surface area contributed by atoms with Crippen molar-refractivity contribution >= 4 is 11.7 Å². The molecular formula is C19H24FN3O. The average Bonchev–Trinajstić information content (AvgIpc) is 2.55. The molecule has 128 valence electrons. The number of amides is 2. The van der Waals surface area contributed by atoms with Crippen LogP contribution in [0.2, 0.25) is 0 Å². The summed E-state index contributed by atoms with van der Waals surface area (Å²) < 4.78 is 13.9. The van der Waals surface area contributed by atoms with Gasteiger partial charge in [0.25, 0.3) is 0 Å². The Morgan fingerprint density at radius 1 is 1.04 bits per heavy atom. The van der Waals surface area contributed by atoms with Crippen molar-refractivity contribution in [2.75, 3.05) is 32.5 Å². The molecule has 0 atom stereocenters. The molecule has 0 aliphatic carbocycles. The molecule has 0 fully saturated rings. The number of nitrogens with zero attached hydrogens (tertiary/aromatic N) is 2. The van der Waals surface area contributed by atoms with Crippen LogP contribution in [0.25, 0.3) is 0 Å². The third kappa shape index (κ3) is 5.35. The number of aryl methyl sites for hydroxylation is 1. The zero-order valence-corrected chi connectivity index (χ0v) is 14.4. The maximum atomic E-state index is 13.9. The highest BCUT2D eigenvalue weighted by Crippen LogP contribution is 2.13. The second-order valence-corrected chi connectivity index (χ2v) is 6.11. The molecule has 0 heterocycles. The van der Waals surface area contributed by atoms with Crippen molar-refractivity contribution in [2.45, 2.75) is 13.5 Å². The number of anilines is 1. The second-order valence-electron chi connectivity index (χ2n) is 6.11. The first-order valence-corrected chi connectivity index (χ1v) is 7.96. The molecule has 0 bridgehead atoms. The Hall–Kier alpha value is -2.40. The molecule has 0 aliphatic rings. The lowest BCUT2D eigenvalue weighted by Gasteiger charge is -2.25. The van der Waals surface area contributed by atoms with Gasteiger partial charge < -0.3 is 15.1 Å². The molecule has 0 aliphatic heterocycles. The molecule has 24 heavy (non-hydrogen) atoms. The highest BCUT2D eigenvalue weighted by Gasteiger charge is 2.16. The van der Waals surface area contributed by atoms with Gasteiger partial charge in [0, 0.05) is 24.3 Å². The smallest absolute Gasteiger partial charge is 0.319 e. The predicted molar refractivity (Wildman–Crippen MR) is 95.6 cm³/mol. The molecule has 0 aromatic heterocycles. The molecule has 2 rings (SSSR count). The van der Waals surface area contributed by atoms with E-state index in [4.69, 9.17) is 0 Å². The number of nitrogens with one attached hydrogen (secondary N) is 1. The molecule has 5 heteroatoms. The van der Waals surface area contributed by atoms with Gasteiger partial charge in [-0.1, -0.05) is 35.9 Å². The minimum atomic E-state index is -0.296. The zero-order chi connectivity index (χ0) is 17.5. The zero-order valence-electron chi connectivity index (χ0n) is 14.4. The minimum absolute atomic E-state index is 0.232. The van der Waals surface area contributed by atoms with Crippen LogP contribution in [0.15, 0.2) is 48.5 Å². The average molecular weight is 329 g/mol. The lowest BCUT2D eigenvalue weighted by Crippen LogP contribution is -2.39. The van der Waals surface area contributed by atoms with Crippen molar-refractivity contribution in [3.8, 4) is 0 Å². The number of urea groups is 1. The van der Waals surface area contributed by atoms with Crippen molar-refractivity contribution in [3.63, 3.8) is 0 Å². The van der Waals surface area contributed by atoms with E-state index in [1.54, 1.807) is 23.1 Å². The molecule has 2 amide bonds. The van der Waals surface area contributed by atoms with Gasteiger partial charge in [0.1, 0.15) is 5.82 Å². The Morgan fingerprint density at radius 3 is 2.33 bits per heavy atom. The third-order valence-electron chi connectivity index (χ3n) is 3.73. The summed E-state index contributed by atoms with van der Waals surface area (Å²) in [7, 11) is 3.89. The molecule has 0 spiro atoms. The summed E-state index contributed by atoms with van der Waals surface area (Å²) in [5.41, 5.74) is 2.37. The van der Waals surface area contributed by atoms with Gasteiger partial charge in [-0.05, 0) is 39.2 Å². The van der Waals surface area contributed by atoms with E-state index in [9.17, 15) is 9.18 Å². The topological polar surface area (TPSA) is 35.6 Å². The lowest BCUT2D eigenvalue weighted by molar-refractivity contribution is 0.201. The van der Waals surface area contributed by atoms with Crippen LogP contribution in [0, 0.1) is 12.7 Å². The van der Waals surface area contributed by atoms with E-state index >= 15 is 0 Å². The van der Waals surface area contributed by atoms with Gasteiger partial charge in [0.2, 0.25) is 0 Å². The van der Waals surface area contributed by atoms with Crippen LogP contribution in [0.5, 0.6) is 0 Å². The van der Waals surface area contributed by atoms with E-state index in [0.29, 0.717) is 18.7 Å². The van der Waals surface area contributed by atoms with Gasteiger partial charge in [-0.25, -0.2) is 9.18 Å². The van der Waals surface area contributed by atoms with Crippen LogP contribution in [-0.2, 0) is 6.54 Å². The fourth-order valence-electron chi connectivity index (χ4n) is 2.24. The molecule has 4 nitrogen and oxygen atoms in total. The normalized spacial score (nSPS) is 10.7. The molecule has 1 N–H and O–H groups in total. The van der Waals surface area contributed by atoms with E-state index in [2.05, 4.69) is 5.32 Å². The maximum absolute atomic E-state index is 13.9. The van der Waals surface area contributed by atoms with Gasteiger partial charge in [-0.2, -0.15) is 0 Å². The Balaban J connectivity index is 2.10. The van der Waals surface area contributed by atoms with Crippen LogP contribution >= 0.6 is 0 Å². The number of hydrogen-bond acceptors (Lipinski definition) is 2. The fraction of sp³-hybridized carbons (Fsp3) is 0.316. The molecule has 2 aromatic rings. The van der Waals surface area contributed by atoms with E-state index in [1.165, 1.54) is 6.07 Å². The van der Waals surface area contributed by atoms with Crippen LogP contribution in [-0.4, -0.2) is 43.0 Å². The van der Waals surface area contributed by atoms with Crippen LogP contribution in [0.4, 0.5) is 14.9 Å². The quantitative estimate of drug-likeness (QED) is 0.876. The van der Waals surface area contributed by atoms with Crippen LogP contribution < -0.4 is 5.32 Å². The molecule has 0 radical (unpaired) electrons. The lowest BCUT2D eigenvalue weighted by atomic mass is 10.2. The van der Waals surface area contributed by atoms with Crippen LogP contribution in [0.3, 0.4) is 0 Å². The number of hydrogen-bond donors (Lipinski definition) is 1. The van der Waals surface area contributed by atoms with Crippen molar-refractivity contribution in [2.24, 2.45) is 0 Å². The Kier molecular flexibility index (Phi) is 6.32. The Morgan fingerprint density at radius 2 is 1.71 bits per heavy atom. The van der Waals surface area contributed by atoms with Crippen molar-refractivity contribution in [1.29, 1.82) is 0 Å². The summed E-state index contributed by atoms with van der Waals surface area (Å²) in [6.07, 6.45) is 0. The molecule has 0 saturated carbocycles. The number of benzene rings is 2. The minimum Gasteiger partial charge on any atom is -0.319 e. The largest absolute Gasteiger partial charge is 0.322 e. The van der Waals surface area contributed by atoms with Crippen molar-refractivity contribution in [3.05, 3.63) is 65.5 Å². The number of carbonyl (C=O) groups excluding carboxylic acids is 1. The Labute approximate surface area is 142 Å². The highest BCUT2D eigenvalue weighted by atomic mass is 19.1. The third-order valence-corrected chi connectivity index (χ3v) is 3.73. The van der Waals surface area contributed by atoms with Crippen molar-refractivity contribution in [1.82, 2.24) is 9.80 Å². The van der Waals surface area contributed by atoms with E-state index in [0.717, 1.165) is 11.3 Å². The first-order valence-electron chi connectivity index (χ1n) is 7.96. The van der Waals surface area contributed by atoms with Gasteiger partial charge in [-0.3, -0.25) is 0 Å². The summed E-state index contributed by atoms with van der Waals surface area (Å²) in [4.78, 5) is 16.2. The fourth-order valence-corrected chi connectivity index (χ4v) is 2.24. The number of halogens is 1. The number of rotatable bonds is 6. The molecule has 0 unspecified atom stereocenters. The second kappa shape index (κ2) is 8.45. The van der Waals surface area contributed by atoms with Gasteiger partial charge in [-0.15, -0.1) is 0 Å². The molecule has 0 saturated heterocycles. The Bertz CT molecular complexity index is 671. The van der Waals surface area contributed by atoms with Crippen molar-refractivity contribution < 1.29 is 9.18 Å². The SMILES string of the molecule is Cc1ccc(NC(=O)N(CCN(C)C)Cc2ccccc2F)cc1. The van der Waals surface area contributed by atoms with E-state index < -0.39 is 0 Å². The van der Waals surface area contributed by atoms with E-state index in [1.807, 2.05) is 50.2 Å². The summed E-state index contributed by atoms with van der Waals surface area (Å²) in [6.45, 7) is 3.44. The van der Waals surface area contributed by atoms with Gasteiger partial charge >= 0.3 is 6.03 Å². The predicted octanol–water partition coefficient (Wildman–Crippen LogP) is 3.73. The number of likely N-dealkylation sites (N-methyl/N-ethyl adjacent to an activating group) is 1. The first-order chi connectivity index (χ1) is 11.5. The monoisotopic (exact) mass is 329 g/mol. The number of carbonyl (C=O) groups is 1. The highest BCUT2D eigenvalue weighted by molar-refractivity contribution is 5.89. The van der Waals surface area contributed by atoms with Gasteiger partial charge in [0.15, 0.2) is 0 Å². The summed E-state index contributed by atoms with van der Waals surface area (Å²) >= 11 is 0. The molecule has 2 aromatic carbocycles. The van der Waals surface area contributed by atoms with Crippen LogP contribution in [0.1, 0.15) is 11.1 Å². The van der Waals surface area contributed by atoms with Gasteiger partial charge in [0.05, 0.1) is 6.54 Å². The summed E-state index contributed by atoms with van der Waals surface area (Å²) in [5, 5.41) is 2.88. The first kappa shape index (κ1) is 17.9. The summed E-state index contributed by atoms with van der Waals surface area (Å²) in [6, 6.07) is 13.9. The van der Waals surface area contributed by atoms with E-state index in [-0.39, 0.29) is 18.4 Å². The summed E-state index contributed by atoms with van der Waals surface area (Å²) in [5.74, 6) is -0.296. The molecular weight excluding hydrogens is 305 g/mol. The maximum Gasteiger partial charge on any atom is 0.322 e.